The Morgan fingerprint density at radius 1 is 1.19 bits per heavy atom. The van der Waals surface area contributed by atoms with Crippen LogP contribution in [0.25, 0.3) is 0 Å². The van der Waals surface area contributed by atoms with Crippen molar-refractivity contribution in [1.29, 1.82) is 0 Å². The highest BCUT2D eigenvalue weighted by atomic mass is 32.2. The maximum absolute atomic E-state index is 13.5. The highest BCUT2D eigenvalue weighted by Gasteiger charge is 2.57. The van der Waals surface area contributed by atoms with Gasteiger partial charge in [0, 0.05) is 11.3 Å². The number of rotatable bonds is 6. The largest absolute Gasteiger partial charge is 0.493 e. The van der Waals surface area contributed by atoms with E-state index in [1.165, 1.54) is 24.6 Å². The van der Waals surface area contributed by atoms with Gasteiger partial charge in [-0.3, -0.25) is 14.5 Å². The fraction of sp³-hybridized carbons (Fsp3) is 0.440. The fourth-order valence-electron chi connectivity index (χ4n) is 4.93. The highest BCUT2D eigenvalue weighted by molar-refractivity contribution is 8.02. The summed E-state index contributed by atoms with van der Waals surface area (Å²) in [4.78, 5) is 27.9. The normalized spacial score (nSPS) is 23.1. The van der Waals surface area contributed by atoms with E-state index in [1.54, 1.807) is 12.0 Å². The van der Waals surface area contributed by atoms with Gasteiger partial charge in [0.15, 0.2) is 16.4 Å². The molecular weight excluding hydrogens is 424 g/mol. The van der Waals surface area contributed by atoms with Crippen LogP contribution >= 0.6 is 11.8 Å². The molecule has 2 aliphatic heterocycles. The number of hydrogen-bond donors (Lipinski definition) is 1. The Morgan fingerprint density at radius 3 is 2.75 bits per heavy atom. The highest BCUT2D eigenvalue weighted by Crippen LogP contribution is 2.55. The molecule has 6 nitrogen and oxygen atoms in total. The minimum atomic E-state index is -0.912. The molecule has 0 radical (unpaired) electrons. The first kappa shape index (κ1) is 21.2. The molecule has 2 aromatic rings. The van der Waals surface area contributed by atoms with Crippen LogP contribution in [0.3, 0.4) is 0 Å². The number of anilines is 1. The van der Waals surface area contributed by atoms with Crippen LogP contribution in [-0.4, -0.2) is 29.9 Å². The van der Waals surface area contributed by atoms with Gasteiger partial charge in [-0.2, -0.15) is 0 Å². The summed E-state index contributed by atoms with van der Waals surface area (Å²) >= 11 is 1.48. The molecule has 2 aromatic carbocycles. The van der Waals surface area contributed by atoms with E-state index in [4.69, 9.17) is 9.47 Å². The molecule has 1 saturated carbocycles. The fourth-order valence-corrected chi connectivity index (χ4v) is 6.35. The molecule has 0 bridgehead atoms. The van der Waals surface area contributed by atoms with Crippen LogP contribution in [0, 0.1) is 0 Å². The monoisotopic (exact) mass is 452 g/mol. The van der Waals surface area contributed by atoms with Gasteiger partial charge < -0.3 is 14.8 Å². The molecule has 2 heterocycles. The van der Waals surface area contributed by atoms with E-state index >= 15 is 0 Å². The minimum Gasteiger partial charge on any atom is -0.493 e. The quantitative estimate of drug-likeness (QED) is 0.680. The summed E-state index contributed by atoms with van der Waals surface area (Å²) in [5.74, 6) is 1.28. The van der Waals surface area contributed by atoms with Crippen molar-refractivity contribution in [3.8, 4) is 11.5 Å². The lowest BCUT2D eigenvalue weighted by molar-refractivity contribution is -0.125. The summed E-state index contributed by atoms with van der Waals surface area (Å²) in [6.45, 7) is 1.95. The standard InChI is InChI=1S/C25H28N2O4S/c1-16(17-11-12-20(21(15-17)30-2)31-18-7-3-4-8-18)26-24(29)25-14-13-23(28)27(25)19-9-5-6-10-22(19)32-25/h5-6,9-12,15-16,18H,3-4,7-8,13-14H2,1-2H3,(H,26,29). The molecule has 1 aliphatic carbocycles. The van der Waals surface area contributed by atoms with E-state index in [0.717, 1.165) is 34.7 Å². The van der Waals surface area contributed by atoms with E-state index in [9.17, 15) is 9.59 Å². The first-order valence-electron chi connectivity index (χ1n) is 11.3. The Hall–Kier alpha value is -2.67. The number of nitrogens with one attached hydrogen (secondary N) is 1. The Bertz CT molecular complexity index is 1050. The van der Waals surface area contributed by atoms with Crippen LogP contribution in [0.2, 0.25) is 0 Å². The van der Waals surface area contributed by atoms with Crippen molar-refractivity contribution < 1.29 is 19.1 Å². The summed E-state index contributed by atoms with van der Waals surface area (Å²) in [7, 11) is 1.64. The SMILES string of the molecule is COc1cc(C(C)NC(=O)C23CCC(=O)N2c2ccccc2S3)ccc1OC1CCCC1. The van der Waals surface area contributed by atoms with Gasteiger partial charge in [-0.05, 0) is 68.9 Å². The molecule has 168 valence electrons. The predicted octanol–water partition coefficient (Wildman–Crippen LogP) is 4.82. The maximum Gasteiger partial charge on any atom is 0.257 e. The second kappa shape index (κ2) is 8.35. The third-order valence-corrected chi connectivity index (χ3v) is 8.13. The average Bonchev–Trinajstić information content (AvgIpc) is 3.50. The van der Waals surface area contributed by atoms with Crippen LogP contribution in [-0.2, 0) is 9.59 Å². The number of methoxy groups -OCH3 is 1. The third-order valence-electron chi connectivity index (χ3n) is 6.66. The van der Waals surface area contributed by atoms with Crippen molar-refractivity contribution >= 4 is 29.3 Å². The first-order chi connectivity index (χ1) is 15.5. The summed E-state index contributed by atoms with van der Waals surface area (Å²) in [5.41, 5.74) is 1.76. The van der Waals surface area contributed by atoms with Crippen molar-refractivity contribution in [1.82, 2.24) is 5.32 Å². The van der Waals surface area contributed by atoms with Crippen LogP contribution in [0.1, 0.15) is 57.1 Å². The zero-order valence-electron chi connectivity index (χ0n) is 18.4. The molecule has 3 aliphatic rings. The number of nitrogens with zero attached hydrogens (tertiary/aromatic N) is 1. The second-order valence-electron chi connectivity index (χ2n) is 8.71. The van der Waals surface area contributed by atoms with E-state index in [0.29, 0.717) is 18.6 Å². The first-order valence-corrected chi connectivity index (χ1v) is 12.1. The van der Waals surface area contributed by atoms with E-state index in [-0.39, 0.29) is 24.0 Å². The van der Waals surface area contributed by atoms with Gasteiger partial charge in [-0.15, -0.1) is 0 Å². The molecule has 2 unspecified atom stereocenters. The Kier molecular flexibility index (Phi) is 5.53. The number of thioether (sulfide) groups is 1. The molecule has 5 rings (SSSR count). The third kappa shape index (κ3) is 3.52. The molecule has 2 amide bonds. The Labute approximate surface area is 192 Å². The van der Waals surface area contributed by atoms with Crippen molar-refractivity contribution in [2.75, 3.05) is 12.0 Å². The topological polar surface area (TPSA) is 67.9 Å². The average molecular weight is 453 g/mol. The zero-order chi connectivity index (χ0) is 22.3. The van der Waals surface area contributed by atoms with Crippen molar-refractivity contribution in [3.63, 3.8) is 0 Å². The van der Waals surface area contributed by atoms with Crippen LogP contribution in [0.4, 0.5) is 5.69 Å². The molecule has 1 N–H and O–H groups in total. The van der Waals surface area contributed by atoms with Gasteiger partial charge in [0.25, 0.3) is 5.91 Å². The number of hydrogen-bond acceptors (Lipinski definition) is 5. The molecule has 0 spiro atoms. The van der Waals surface area contributed by atoms with Crippen LogP contribution in [0.15, 0.2) is 47.4 Å². The predicted molar refractivity (Wildman–Crippen MR) is 124 cm³/mol. The lowest BCUT2D eigenvalue weighted by Gasteiger charge is -2.31. The number of fused-ring (bicyclic) bond motifs is 3. The zero-order valence-corrected chi connectivity index (χ0v) is 19.2. The molecule has 1 saturated heterocycles. The van der Waals surface area contributed by atoms with Crippen molar-refractivity contribution in [2.45, 2.75) is 67.4 Å². The van der Waals surface area contributed by atoms with Gasteiger partial charge in [0.1, 0.15) is 0 Å². The van der Waals surface area contributed by atoms with Crippen LogP contribution < -0.4 is 19.7 Å². The van der Waals surface area contributed by atoms with Gasteiger partial charge in [-0.25, -0.2) is 0 Å². The molecule has 7 heteroatoms. The maximum atomic E-state index is 13.5. The van der Waals surface area contributed by atoms with E-state index in [1.807, 2.05) is 49.4 Å². The molecule has 2 fully saturated rings. The lowest BCUT2D eigenvalue weighted by atomic mass is 10.1. The summed E-state index contributed by atoms with van der Waals surface area (Å²) in [5, 5.41) is 3.15. The van der Waals surface area contributed by atoms with Gasteiger partial charge >= 0.3 is 0 Å². The van der Waals surface area contributed by atoms with Gasteiger partial charge in [0.2, 0.25) is 5.91 Å². The number of ether oxygens (including phenoxy) is 2. The Morgan fingerprint density at radius 2 is 1.97 bits per heavy atom. The Balaban J connectivity index is 1.34. The number of carbonyl (C=O) groups excluding carboxylic acids is 2. The smallest absolute Gasteiger partial charge is 0.257 e. The molecule has 0 aromatic heterocycles. The van der Waals surface area contributed by atoms with E-state index < -0.39 is 4.87 Å². The van der Waals surface area contributed by atoms with Gasteiger partial charge in [0.05, 0.1) is 24.9 Å². The number of benzene rings is 2. The molecule has 2 atom stereocenters. The number of amides is 2. The van der Waals surface area contributed by atoms with Gasteiger partial charge in [-0.1, -0.05) is 30.0 Å². The number of carbonyl (C=O) groups is 2. The van der Waals surface area contributed by atoms with Crippen molar-refractivity contribution in [2.24, 2.45) is 0 Å². The minimum absolute atomic E-state index is 0.000312. The lowest BCUT2D eigenvalue weighted by Crippen LogP contribution is -2.52. The van der Waals surface area contributed by atoms with E-state index in [2.05, 4.69) is 5.32 Å². The van der Waals surface area contributed by atoms with Crippen molar-refractivity contribution in [3.05, 3.63) is 48.0 Å². The van der Waals surface area contributed by atoms with Crippen LogP contribution in [0.5, 0.6) is 11.5 Å². The molecule has 32 heavy (non-hydrogen) atoms. The summed E-state index contributed by atoms with van der Waals surface area (Å²) in [6, 6.07) is 13.3. The second-order valence-corrected chi connectivity index (χ2v) is 10.0. The number of para-hydroxylation sites is 1. The summed E-state index contributed by atoms with van der Waals surface area (Å²) < 4.78 is 11.7. The summed E-state index contributed by atoms with van der Waals surface area (Å²) in [6.07, 6.45) is 5.70. The molecular formula is C25H28N2O4S.